The molecule has 1 unspecified atom stereocenters. The molecule has 1 aromatic carbocycles. The van der Waals surface area contributed by atoms with Gasteiger partial charge in [-0.2, -0.15) is 0 Å². The molecule has 1 aliphatic rings. The summed E-state index contributed by atoms with van der Waals surface area (Å²) < 4.78 is 5.61. The van der Waals surface area contributed by atoms with Gasteiger partial charge in [-0.3, -0.25) is 10.1 Å². The second-order valence-corrected chi connectivity index (χ2v) is 6.16. The maximum absolute atomic E-state index is 12.0. The van der Waals surface area contributed by atoms with Gasteiger partial charge in [0.15, 0.2) is 0 Å². The van der Waals surface area contributed by atoms with E-state index in [1.54, 1.807) is 0 Å². The highest BCUT2D eigenvalue weighted by molar-refractivity contribution is 6.30. The van der Waals surface area contributed by atoms with Crippen molar-refractivity contribution in [2.24, 2.45) is 5.92 Å². The molecule has 1 amide bonds. The zero-order valence-corrected chi connectivity index (χ0v) is 13.4. The van der Waals surface area contributed by atoms with E-state index in [4.69, 9.17) is 16.3 Å². The average Bonchev–Trinajstić information content (AvgIpc) is 2.79. The minimum atomic E-state index is -0.107. The fourth-order valence-electron chi connectivity index (χ4n) is 2.35. The first kappa shape index (κ1) is 16.3. The van der Waals surface area contributed by atoms with Gasteiger partial charge in [-0.25, -0.2) is 0 Å². The van der Waals surface area contributed by atoms with Crippen LogP contribution in [0.3, 0.4) is 0 Å². The molecular weight excluding hydrogens is 288 g/mol. The number of hydrogen-bond acceptors (Lipinski definition) is 3. The Morgan fingerprint density at radius 1 is 1.43 bits per heavy atom. The van der Waals surface area contributed by atoms with Crippen molar-refractivity contribution in [2.75, 3.05) is 26.3 Å². The first-order valence-electron chi connectivity index (χ1n) is 7.44. The fourth-order valence-corrected chi connectivity index (χ4v) is 2.55. The molecule has 1 aliphatic heterocycles. The first-order valence-corrected chi connectivity index (χ1v) is 7.82. The topological polar surface area (TPSA) is 41.6 Å². The molecule has 1 atom stereocenters. The number of hydrogen-bond donors (Lipinski definition) is 1. The van der Waals surface area contributed by atoms with E-state index in [1.165, 1.54) is 0 Å². The predicted octanol–water partition coefficient (Wildman–Crippen LogP) is 2.83. The van der Waals surface area contributed by atoms with E-state index in [-0.39, 0.29) is 12.1 Å². The molecule has 1 N–H and O–H groups in total. The second-order valence-electron chi connectivity index (χ2n) is 5.72. The molecule has 0 bridgehead atoms. The maximum atomic E-state index is 12.0. The highest BCUT2D eigenvalue weighted by Gasteiger charge is 2.31. The third kappa shape index (κ3) is 4.70. The van der Waals surface area contributed by atoms with Crippen LogP contribution in [0.15, 0.2) is 24.3 Å². The van der Waals surface area contributed by atoms with Crippen molar-refractivity contribution >= 4 is 17.5 Å². The van der Waals surface area contributed by atoms with Gasteiger partial charge in [-0.05, 0) is 30.0 Å². The number of rotatable bonds is 7. The van der Waals surface area contributed by atoms with Crippen molar-refractivity contribution in [3.63, 3.8) is 0 Å². The summed E-state index contributed by atoms with van der Waals surface area (Å²) in [6, 6.07) is 7.61. The predicted molar refractivity (Wildman–Crippen MR) is 84.2 cm³/mol. The number of ether oxygens (including phenoxy) is 1. The Balaban J connectivity index is 1.88. The van der Waals surface area contributed by atoms with Crippen LogP contribution in [0, 0.1) is 5.92 Å². The lowest BCUT2D eigenvalue weighted by molar-refractivity contribution is -0.128. The minimum absolute atomic E-state index is 0.104. The molecule has 0 saturated carbocycles. The van der Waals surface area contributed by atoms with E-state index in [2.05, 4.69) is 19.2 Å². The standard InChI is InChI=1S/C16H23ClN2O2/c1-12(2)6-8-21-9-7-19-15(20)11-18-16(19)13-4-3-5-14(17)10-13/h3-5,10,12,16,18H,6-9,11H2,1-2H3. The van der Waals surface area contributed by atoms with E-state index >= 15 is 0 Å². The molecule has 0 aromatic heterocycles. The third-order valence-corrected chi connectivity index (χ3v) is 3.79. The minimum Gasteiger partial charge on any atom is -0.380 e. The number of nitrogens with zero attached hydrogens (tertiary/aromatic N) is 1. The lowest BCUT2D eigenvalue weighted by atomic mass is 10.1. The monoisotopic (exact) mass is 310 g/mol. The van der Waals surface area contributed by atoms with Gasteiger partial charge in [0.25, 0.3) is 0 Å². The summed E-state index contributed by atoms with van der Waals surface area (Å²) in [5.41, 5.74) is 1.01. The largest absolute Gasteiger partial charge is 0.380 e. The van der Waals surface area contributed by atoms with Crippen molar-refractivity contribution in [3.05, 3.63) is 34.9 Å². The molecule has 2 rings (SSSR count). The van der Waals surface area contributed by atoms with Crippen LogP contribution >= 0.6 is 11.6 Å². The number of carbonyl (C=O) groups is 1. The number of nitrogens with one attached hydrogen (secondary N) is 1. The third-order valence-electron chi connectivity index (χ3n) is 3.56. The summed E-state index contributed by atoms with van der Waals surface area (Å²) in [4.78, 5) is 13.8. The van der Waals surface area contributed by atoms with Crippen molar-refractivity contribution in [3.8, 4) is 0 Å². The quantitative estimate of drug-likeness (QED) is 0.787. The van der Waals surface area contributed by atoms with Gasteiger partial charge in [-0.1, -0.05) is 37.6 Å². The Labute approximate surface area is 131 Å². The van der Waals surface area contributed by atoms with Gasteiger partial charge in [0.05, 0.1) is 13.2 Å². The second kappa shape index (κ2) is 7.78. The van der Waals surface area contributed by atoms with Gasteiger partial charge in [0, 0.05) is 18.2 Å². The Kier molecular flexibility index (Phi) is 6.03. The summed E-state index contributed by atoms with van der Waals surface area (Å²) in [6.07, 6.45) is 0.939. The van der Waals surface area contributed by atoms with Crippen LogP contribution in [0.25, 0.3) is 0 Å². The zero-order chi connectivity index (χ0) is 15.2. The maximum Gasteiger partial charge on any atom is 0.238 e. The first-order chi connectivity index (χ1) is 10.1. The van der Waals surface area contributed by atoms with Crippen molar-refractivity contribution < 1.29 is 9.53 Å². The molecule has 4 nitrogen and oxygen atoms in total. The highest BCUT2D eigenvalue weighted by Crippen LogP contribution is 2.24. The summed E-state index contributed by atoms with van der Waals surface area (Å²) in [5, 5.41) is 3.90. The van der Waals surface area contributed by atoms with E-state index in [0.717, 1.165) is 18.6 Å². The summed E-state index contributed by atoms with van der Waals surface area (Å²) in [6.45, 7) is 6.62. The molecule has 1 fully saturated rings. The van der Waals surface area contributed by atoms with Gasteiger partial charge < -0.3 is 9.64 Å². The Bertz CT molecular complexity index is 479. The van der Waals surface area contributed by atoms with Crippen LogP contribution in [0.4, 0.5) is 0 Å². The molecule has 1 aromatic rings. The van der Waals surface area contributed by atoms with Gasteiger partial charge in [0.1, 0.15) is 6.17 Å². The number of amides is 1. The van der Waals surface area contributed by atoms with Gasteiger partial charge in [0.2, 0.25) is 5.91 Å². The molecule has 0 radical (unpaired) electrons. The average molecular weight is 311 g/mol. The molecule has 116 valence electrons. The van der Waals surface area contributed by atoms with E-state index < -0.39 is 0 Å². The molecule has 5 heteroatoms. The summed E-state index contributed by atoms with van der Waals surface area (Å²) in [5.74, 6) is 0.742. The van der Waals surface area contributed by atoms with Gasteiger partial charge in [-0.15, -0.1) is 0 Å². The molecule has 1 heterocycles. The molecule has 1 saturated heterocycles. The van der Waals surface area contributed by atoms with E-state index in [0.29, 0.717) is 30.6 Å². The normalized spacial score (nSPS) is 18.8. The SMILES string of the molecule is CC(C)CCOCCN1C(=O)CNC1c1cccc(Cl)c1. The Morgan fingerprint density at radius 2 is 2.24 bits per heavy atom. The number of carbonyl (C=O) groups excluding carboxylic acids is 1. The molecule has 0 aliphatic carbocycles. The van der Waals surface area contributed by atoms with Crippen LogP contribution in [-0.2, 0) is 9.53 Å². The summed E-state index contributed by atoms with van der Waals surface area (Å²) in [7, 11) is 0. The van der Waals surface area contributed by atoms with Crippen LogP contribution in [-0.4, -0.2) is 37.1 Å². The van der Waals surface area contributed by atoms with Gasteiger partial charge >= 0.3 is 0 Å². The lowest BCUT2D eigenvalue weighted by Crippen LogP contribution is -2.33. The van der Waals surface area contributed by atoms with Crippen LogP contribution < -0.4 is 5.32 Å². The van der Waals surface area contributed by atoms with E-state index in [1.807, 2.05) is 29.2 Å². The van der Waals surface area contributed by atoms with Crippen molar-refractivity contribution in [1.82, 2.24) is 10.2 Å². The zero-order valence-electron chi connectivity index (χ0n) is 12.6. The number of benzene rings is 1. The molecule has 0 spiro atoms. The van der Waals surface area contributed by atoms with E-state index in [9.17, 15) is 4.79 Å². The highest BCUT2D eigenvalue weighted by atomic mass is 35.5. The van der Waals surface area contributed by atoms with Crippen LogP contribution in [0.2, 0.25) is 5.02 Å². The Morgan fingerprint density at radius 3 is 2.95 bits per heavy atom. The molecule has 21 heavy (non-hydrogen) atoms. The number of halogens is 1. The smallest absolute Gasteiger partial charge is 0.238 e. The van der Waals surface area contributed by atoms with Crippen molar-refractivity contribution in [2.45, 2.75) is 26.4 Å². The van der Waals surface area contributed by atoms with Crippen molar-refractivity contribution in [1.29, 1.82) is 0 Å². The Hall–Kier alpha value is -1.10. The van der Waals surface area contributed by atoms with Crippen LogP contribution in [0.5, 0.6) is 0 Å². The molecular formula is C16H23ClN2O2. The lowest BCUT2D eigenvalue weighted by Gasteiger charge is -2.24. The fraction of sp³-hybridized carbons (Fsp3) is 0.562. The van der Waals surface area contributed by atoms with Crippen LogP contribution in [0.1, 0.15) is 32.0 Å². The summed E-state index contributed by atoms with van der Waals surface area (Å²) >= 11 is 6.03.